The minimum atomic E-state index is -0.470. The van der Waals surface area contributed by atoms with Crippen molar-refractivity contribution in [3.63, 3.8) is 0 Å². The molecular weight excluding hydrogens is 281 g/mol. The molecule has 1 amide bonds. The van der Waals surface area contributed by atoms with Gasteiger partial charge in [0.05, 0.1) is 23.9 Å². The maximum atomic E-state index is 12.0. The Bertz CT molecular complexity index is 555. The van der Waals surface area contributed by atoms with Crippen molar-refractivity contribution in [2.75, 3.05) is 13.7 Å². The first-order valence-electron chi connectivity index (χ1n) is 7.53. The van der Waals surface area contributed by atoms with E-state index in [2.05, 4.69) is 5.32 Å². The van der Waals surface area contributed by atoms with E-state index in [0.717, 1.165) is 5.46 Å². The van der Waals surface area contributed by atoms with E-state index < -0.39 is 18.3 Å². The number of carbonyl (C=O) groups excluding carboxylic acids is 1. The molecule has 1 fully saturated rings. The third kappa shape index (κ3) is 2.98. The minimum Gasteiger partial charge on any atom is -0.496 e. The molecule has 1 aromatic rings. The highest BCUT2D eigenvalue weighted by Gasteiger charge is 2.51. The van der Waals surface area contributed by atoms with Crippen molar-refractivity contribution in [3.8, 4) is 5.75 Å². The van der Waals surface area contributed by atoms with Crippen molar-refractivity contribution in [3.05, 3.63) is 23.8 Å². The topological polar surface area (TPSA) is 56.8 Å². The molecule has 1 aliphatic rings. The number of rotatable bonds is 4. The number of amides is 1. The first kappa shape index (κ1) is 16.8. The van der Waals surface area contributed by atoms with Gasteiger partial charge >= 0.3 is 7.12 Å². The fourth-order valence-corrected chi connectivity index (χ4v) is 2.28. The minimum absolute atomic E-state index is 0.153. The predicted octanol–water partition coefficient (Wildman–Crippen LogP) is 1.74. The smallest absolute Gasteiger partial charge is 0.494 e. The molecule has 0 atom stereocenters. The number of carbonyl (C=O) groups is 1. The lowest BCUT2D eigenvalue weighted by Crippen LogP contribution is -2.41. The van der Waals surface area contributed by atoms with E-state index in [9.17, 15) is 4.79 Å². The maximum Gasteiger partial charge on any atom is 0.494 e. The summed E-state index contributed by atoms with van der Waals surface area (Å²) in [6.45, 7) is 10.5. The standard InChI is InChI=1S/C16H24BNO4/c1-7-18-14(19)12-9-8-11(10-13(12)20-6)17-21-15(2,3)16(4,5)22-17/h8-10H,7H2,1-6H3,(H,18,19). The number of benzene rings is 1. The van der Waals surface area contributed by atoms with Crippen molar-refractivity contribution in [2.24, 2.45) is 0 Å². The molecule has 0 aliphatic carbocycles. The van der Waals surface area contributed by atoms with Crippen LogP contribution in [0.25, 0.3) is 0 Å². The lowest BCUT2D eigenvalue weighted by Gasteiger charge is -2.32. The summed E-state index contributed by atoms with van der Waals surface area (Å²) in [7, 11) is 1.08. The summed E-state index contributed by atoms with van der Waals surface area (Å²) in [6.07, 6.45) is 0. The predicted molar refractivity (Wildman–Crippen MR) is 86.7 cm³/mol. The second-order valence-corrected chi connectivity index (χ2v) is 6.41. The zero-order chi connectivity index (χ0) is 16.5. The molecule has 1 aliphatic heterocycles. The van der Waals surface area contributed by atoms with Crippen LogP contribution in [-0.2, 0) is 9.31 Å². The molecule has 1 heterocycles. The van der Waals surface area contributed by atoms with Gasteiger partial charge in [0.15, 0.2) is 0 Å². The first-order valence-corrected chi connectivity index (χ1v) is 7.53. The van der Waals surface area contributed by atoms with E-state index in [1.807, 2.05) is 40.7 Å². The third-order valence-corrected chi connectivity index (χ3v) is 4.33. The second-order valence-electron chi connectivity index (χ2n) is 6.41. The molecule has 2 rings (SSSR count). The van der Waals surface area contributed by atoms with E-state index in [1.165, 1.54) is 0 Å². The Morgan fingerprint density at radius 3 is 2.32 bits per heavy atom. The van der Waals surface area contributed by atoms with E-state index in [-0.39, 0.29) is 5.91 Å². The van der Waals surface area contributed by atoms with Gasteiger partial charge in [-0.05, 0) is 52.2 Å². The van der Waals surface area contributed by atoms with Crippen LogP contribution in [0.3, 0.4) is 0 Å². The lowest BCUT2D eigenvalue weighted by molar-refractivity contribution is 0.00578. The van der Waals surface area contributed by atoms with Crippen LogP contribution >= 0.6 is 0 Å². The molecule has 120 valence electrons. The summed E-state index contributed by atoms with van der Waals surface area (Å²) in [5.74, 6) is 0.359. The van der Waals surface area contributed by atoms with E-state index in [0.29, 0.717) is 17.9 Å². The van der Waals surface area contributed by atoms with Gasteiger partial charge in [-0.2, -0.15) is 0 Å². The number of hydrogen-bond acceptors (Lipinski definition) is 4. The molecule has 0 spiro atoms. The number of methoxy groups -OCH3 is 1. The highest BCUT2D eigenvalue weighted by atomic mass is 16.7. The van der Waals surface area contributed by atoms with Crippen LogP contribution in [0.1, 0.15) is 45.0 Å². The summed E-state index contributed by atoms with van der Waals surface area (Å²) in [5.41, 5.74) is 0.542. The van der Waals surface area contributed by atoms with Gasteiger partial charge in [-0.25, -0.2) is 0 Å². The Balaban J connectivity index is 2.30. The fourth-order valence-electron chi connectivity index (χ4n) is 2.28. The normalized spacial score (nSPS) is 19.1. The van der Waals surface area contributed by atoms with Crippen LogP contribution in [0, 0.1) is 0 Å². The monoisotopic (exact) mass is 305 g/mol. The highest BCUT2D eigenvalue weighted by Crippen LogP contribution is 2.36. The summed E-state index contributed by atoms with van der Waals surface area (Å²) in [4.78, 5) is 12.0. The Hall–Kier alpha value is -1.53. The van der Waals surface area contributed by atoms with Crippen LogP contribution in [0.2, 0.25) is 0 Å². The van der Waals surface area contributed by atoms with Gasteiger partial charge in [0, 0.05) is 6.54 Å². The molecule has 1 saturated heterocycles. The third-order valence-electron chi connectivity index (χ3n) is 4.33. The Morgan fingerprint density at radius 1 is 1.23 bits per heavy atom. The van der Waals surface area contributed by atoms with Gasteiger partial charge in [-0.3, -0.25) is 4.79 Å². The molecule has 0 unspecified atom stereocenters. The van der Waals surface area contributed by atoms with E-state index in [1.54, 1.807) is 19.2 Å². The maximum absolute atomic E-state index is 12.0. The van der Waals surface area contributed by atoms with Crippen LogP contribution in [0.15, 0.2) is 18.2 Å². The summed E-state index contributed by atoms with van der Waals surface area (Å²) >= 11 is 0. The van der Waals surface area contributed by atoms with Crippen molar-refractivity contribution in [2.45, 2.75) is 45.8 Å². The van der Waals surface area contributed by atoms with Crippen LogP contribution in [-0.4, -0.2) is 37.9 Å². The van der Waals surface area contributed by atoms with Gasteiger partial charge in [0.2, 0.25) is 0 Å². The molecule has 1 aromatic carbocycles. The van der Waals surface area contributed by atoms with Gasteiger partial charge in [-0.1, -0.05) is 6.07 Å². The SMILES string of the molecule is CCNC(=O)c1ccc(B2OC(C)(C)C(C)(C)O2)cc1OC. The zero-order valence-electron chi connectivity index (χ0n) is 14.1. The number of nitrogens with one attached hydrogen (secondary N) is 1. The molecule has 1 N–H and O–H groups in total. The molecule has 0 bridgehead atoms. The van der Waals surface area contributed by atoms with Crippen molar-refractivity contribution < 1.29 is 18.8 Å². The Labute approximate surface area is 132 Å². The summed E-state index contributed by atoms with van der Waals surface area (Å²) in [6, 6.07) is 5.38. The molecule has 5 nitrogen and oxygen atoms in total. The molecular formula is C16H24BNO4. The van der Waals surface area contributed by atoms with Crippen molar-refractivity contribution in [1.82, 2.24) is 5.32 Å². The van der Waals surface area contributed by atoms with Gasteiger partial charge in [0.1, 0.15) is 5.75 Å². The zero-order valence-corrected chi connectivity index (χ0v) is 14.1. The Morgan fingerprint density at radius 2 is 1.82 bits per heavy atom. The number of hydrogen-bond donors (Lipinski definition) is 1. The molecule has 0 radical (unpaired) electrons. The average Bonchev–Trinajstić information content (AvgIpc) is 2.67. The van der Waals surface area contributed by atoms with Crippen molar-refractivity contribution >= 4 is 18.5 Å². The quantitative estimate of drug-likeness (QED) is 0.861. The average molecular weight is 305 g/mol. The Kier molecular flexibility index (Phi) is 4.54. The largest absolute Gasteiger partial charge is 0.496 e. The lowest BCUT2D eigenvalue weighted by atomic mass is 9.78. The molecule has 6 heteroatoms. The van der Waals surface area contributed by atoms with Gasteiger partial charge in [0.25, 0.3) is 5.91 Å². The summed E-state index contributed by atoms with van der Waals surface area (Å²) in [5, 5.41) is 2.77. The molecule has 0 aromatic heterocycles. The van der Waals surface area contributed by atoms with Crippen molar-refractivity contribution in [1.29, 1.82) is 0 Å². The first-order chi connectivity index (χ1) is 10.2. The van der Waals surface area contributed by atoms with Crippen LogP contribution < -0.4 is 15.5 Å². The second kappa shape index (κ2) is 5.93. The van der Waals surface area contributed by atoms with Gasteiger partial charge < -0.3 is 19.4 Å². The fraction of sp³-hybridized carbons (Fsp3) is 0.562. The number of ether oxygens (including phenoxy) is 1. The molecule has 0 saturated carbocycles. The molecule has 22 heavy (non-hydrogen) atoms. The van der Waals surface area contributed by atoms with Gasteiger partial charge in [-0.15, -0.1) is 0 Å². The highest BCUT2D eigenvalue weighted by molar-refractivity contribution is 6.62. The van der Waals surface area contributed by atoms with Crippen LogP contribution in [0.5, 0.6) is 5.75 Å². The van der Waals surface area contributed by atoms with Crippen LogP contribution in [0.4, 0.5) is 0 Å². The van der Waals surface area contributed by atoms with E-state index in [4.69, 9.17) is 14.0 Å². The summed E-state index contributed by atoms with van der Waals surface area (Å²) < 4.78 is 17.4. The van der Waals surface area contributed by atoms with E-state index >= 15 is 0 Å².